The van der Waals surface area contributed by atoms with Crippen molar-refractivity contribution in [1.29, 1.82) is 0 Å². The minimum Gasteiger partial charge on any atom is -0.0654 e. The molecule has 0 nitrogen and oxygen atoms in total. The van der Waals surface area contributed by atoms with E-state index in [2.05, 4.69) is 13.8 Å². The first-order valence-corrected chi connectivity index (χ1v) is 19.3. The molecule has 0 amide bonds. The standard InChI is InChI=1S/C39H78/c1-3-5-7-9-11-13-15-17-19-21-23-25-27-29-32-36-39(37-33-30-34-38-39)35-31-28-26-24-22-20-18-16-14-12-10-8-6-4-2/h3-38H2,1-2H3. The molecule has 0 aromatic heterocycles. The van der Waals surface area contributed by atoms with Crippen LogP contribution in [0.1, 0.15) is 245 Å². The molecule has 39 heavy (non-hydrogen) atoms. The Morgan fingerprint density at radius 3 is 0.769 bits per heavy atom. The van der Waals surface area contributed by atoms with E-state index in [1.807, 2.05) is 0 Å². The van der Waals surface area contributed by atoms with Gasteiger partial charge in [0.1, 0.15) is 0 Å². The second kappa shape index (κ2) is 29.5. The highest BCUT2D eigenvalue weighted by Gasteiger charge is 2.30. The molecule has 0 radical (unpaired) electrons. The Bertz CT molecular complexity index is 445. The van der Waals surface area contributed by atoms with Crippen molar-refractivity contribution in [3.8, 4) is 0 Å². The van der Waals surface area contributed by atoms with Gasteiger partial charge in [-0.15, -0.1) is 0 Å². The van der Waals surface area contributed by atoms with Crippen LogP contribution in [0.5, 0.6) is 0 Å². The van der Waals surface area contributed by atoms with Gasteiger partial charge >= 0.3 is 0 Å². The van der Waals surface area contributed by atoms with Gasteiger partial charge in [0.2, 0.25) is 0 Å². The van der Waals surface area contributed by atoms with Crippen molar-refractivity contribution in [2.45, 2.75) is 245 Å². The fourth-order valence-corrected chi connectivity index (χ4v) is 7.49. The summed E-state index contributed by atoms with van der Waals surface area (Å²) < 4.78 is 0. The van der Waals surface area contributed by atoms with Crippen LogP contribution in [0, 0.1) is 5.41 Å². The average Bonchev–Trinajstić information content (AvgIpc) is 2.96. The maximum Gasteiger partial charge on any atom is -0.0297 e. The van der Waals surface area contributed by atoms with Crippen molar-refractivity contribution in [2.75, 3.05) is 0 Å². The van der Waals surface area contributed by atoms with E-state index in [0.29, 0.717) is 0 Å². The largest absolute Gasteiger partial charge is 0.0654 e. The minimum atomic E-state index is 0.756. The predicted molar refractivity (Wildman–Crippen MR) is 180 cm³/mol. The summed E-state index contributed by atoms with van der Waals surface area (Å²) in [4.78, 5) is 0. The molecule has 0 aliphatic heterocycles. The van der Waals surface area contributed by atoms with Crippen LogP contribution in [0.25, 0.3) is 0 Å². The van der Waals surface area contributed by atoms with Crippen molar-refractivity contribution in [1.82, 2.24) is 0 Å². The molecule has 0 saturated heterocycles. The summed E-state index contributed by atoms with van der Waals surface area (Å²) in [6.07, 6.45) is 53.9. The van der Waals surface area contributed by atoms with Crippen molar-refractivity contribution in [3.63, 3.8) is 0 Å². The van der Waals surface area contributed by atoms with Crippen molar-refractivity contribution in [2.24, 2.45) is 5.41 Å². The number of hydrogen-bond acceptors (Lipinski definition) is 0. The zero-order valence-corrected chi connectivity index (χ0v) is 28.0. The van der Waals surface area contributed by atoms with Crippen LogP contribution in [0.15, 0.2) is 0 Å². The Labute approximate surface area is 250 Å². The zero-order valence-electron chi connectivity index (χ0n) is 28.0. The third kappa shape index (κ3) is 24.3. The SMILES string of the molecule is CCCCCCCCCCCCCCCCCC1(CCCCCCCCCCCCCCCC)CCCCC1. The molecule has 1 rings (SSSR count). The lowest BCUT2D eigenvalue weighted by atomic mass is 9.68. The molecule has 0 aromatic rings. The van der Waals surface area contributed by atoms with E-state index in [9.17, 15) is 0 Å². The Balaban J connectivity index is 1.92. The lowest BCUT2D eigenvalue weighted by Crippen LogP contribution is -2.24. The van der Waals surface area contributed by atoms with E-state index >= 15 is 0 Å². The van der Waals surface area contributed by atoms with Gasteiger partial charge < -0.3 is 0 Å². The van der Waals surface area contributed by atoms with Crippen LogP contribution in [-0.2, 0) is 0 Å². The van der Waals surface area contributed by atoms with Gasteiger partial charge in [-0.05, 0) is 31.1 Å². The van der Waals surface area contributed by atoms with Crippen molar-refractivity contribution >= 4 is 0 Å². The monoisotopic (exact) mass is 547 g/mol. The molecule has 0 heterocycles. The highest BCUT2D eigenvalue weighted by atomic mass is 14.4. The van der Waals surface area contributed by atoms with E-state index in [1.54, 1.807) is 25.7 Å². The molecular weight excluding hydrogens is 468 g/mol. The highest BCUT2D eigenvalue weighted by Crippen LogP contribution is 2.44. The first kappa shape index (κ1) is 37.0. The smallest absolute Gasteiger partial charge is 0.0297 e. The molecule has 234 valence electrons. The summed E-state index contributed by atoms with van der Waals surface area (Å²) in [5.41, 5.74) is 0.756. The maximum atomic E-state index is 2.32. The Morgan fingerprint density at radius 1 is 0.282 bits per heavy atom. The molecule has 0 unspecified atom stereocenters. The van der Waals surface area contributed by atoms with Crippen LogP contribution >= 0.6 is 0 Å². The summed E-state index contributed by atoms with van der Waals surface area (Å²) in [6, 6.07) is 0. The second-order valence-corrected chi connectivity index (χ2v) is 14.1. The Hall–Kier alpha value is 0. The van der Waals surface area contributed by atoms with Crippen molar-refractivity contribution < 1.29 is 0 Å². The lowest BCUT2D eigenvalue weighted by molar-refractivity contribution is 0.146. The van der Waals surface area contributed by atoms with E-state index < -0.39 is 0 Å². The van der Waals surface area contributed by atoms with E-state index in [0.717, 1.165) is 5.41 Å². The molecule has 1 saturated carbocycles. The molecule has 0 aromatic carbocycles. The zero-order chi connectivity index (χ0) is 28.0. The summed E-state index contributed by atoms with van der Waals surface area (Å²) in [5.74, 6) is 0. The maximum absolute atomic E-state index is 2.32. The summed E-state index contributed by atoms with van der Waals surface area (Å²) >= 11 is 0. The molecular formula is C39H78. The third-order valence-electron chi connectivity index (χ3n) is 10.3. The first-order valence-electron chi connectivity index (χ1n) is 19.3. The van der Waals surface area contributed by atoms with Gasteiger partial charge in [0, 0.05) is 0 Å². The molecule has 0 spiro atoms. The molecule has 0 heteroatoms. The topological polar surface area (TPSA) is 0 Å². The fraction of sp³-hybridized carbons (Fsp3) is 1.00. The number of rotatable bonds is 31. The Kier molecular flexibility index (Phi) is 28.0. The predicted octanol–water partition coefficient (Wildman–Crippen LogP) is 15.1. The normalized spacial score (nSPS) is 15.2. The van der Waals surface area contributed by atoms with Crippen LogP contribution < -0.4 is 0 Å². The molecule has 0 bridgehead atoms. The van der Waals surface area contributed by atoms with E-state index in [-0.39, 0.29) is 0 Å². The first-order chi connectivity index (χ1) is 19.3. The van der Waals surface area contributed by atoms with E-state index in [1.165, 1.54) is 205 Å². The summed E-state index contributed by atoms with van der Waals surface area (Å²) in [7, 11) is 0. The van der Waals surface area contributed by atoms with E-state index in [4.69, 9.17) is 0 Å². The quantitative estimate of drug-likeness (QED) is 0.0758. The number of unbranched alkanes of at least 4 members (excludes halogenated alkanes) is 27. The van der Waals surface area contributed by atoms with Gasteiger partial charge in [-0.3, -0.25) is 0 Å². The van der Waals surface area contributed by atoms with Gasteiger partial charge in [-0.25, -0.2) is 0 Å². The molecule has 0 N–H and O–H groups in total. The third-order valence-corrected chi connectivity index (χ3v) is 10.3. The van der Waals surface area contributed by atoms with Gasteiger partial charge in [-0.1, -0.05) is 219 Å². The minimum absolute atomic E-state index is 0.756. The van der Waals surface area contributed by atoms with Crippen LogP contribution in [0.3, 0.4) is 0 Å². The van der Waals surface area contributed by atoms with Gasteiger partial charge in [-0.2, -0.15) is 0 Å². The van der Waals surface area contributed by atoms with Crippen molar-refractivity contribution in [3.05, 3.63) is 0 Å². The van der Waals surface area contributed by atoms with Gasteiger partial charge in [0.15, 0.2) is 0 Å². The molecule has 1 aliphatic rings. The summed E-state index contributed by atoms with van der Waals surface area (Å²) in [5, 5.41) is 0. The second-order valence-electron chi connectivity index (χ2n) is 14.1. The fourth-order valence-electron chi connectivity index (χ4n) is 7.49. The van der Waals surface area contributed by atoms with Crippen LogP contribution in [0.2, 0.25) is 0 Å². The van der Waals surface area contributed by atoms with Gasteiger partial charge in [0.05, 0.1) is 0 Å². The Morgan fingerprint density at radius 2 is 0.513 bits per heavy atom. The molecule has 1 fully saturated rings. The lowest BCUT2D eigenvalue weighted by Gasteiger charge is -2.38. The van der Waals surface area contributed by atoms with Gasteiger partial charge in [0.25, 0.3) is 0 Å². The number of hydrogen-bond donors (Lipinski definition) is 0. The van der Waals surface area contributed by atoms with Crippen LogP contribution in [-0.4, -0.2) is 0 Å². The van der Waals surface area contributed by atoms with Crippen LogP contribution in [0.4, 0.5) is 0 Å². The highest BCUT2D eigenvalue weighted by molar-refractivity contribution is 4.83. The average molecular weight is 547 g/mol. The molecule has 0 atom stereocenters. The molecule has 1 aliphatic carbocycles. The summed E-state index contributed by atoms with van der Waals surface area (Å²) in [6.45, 7) is 4.63.